The lowest BCUT2D eigenvalue weighted by atomic mass is 10.0. The van der Waals surface area contributed by atoms with Crippen molar-refractivity contribution in [1.29, 1.82) is 0 Å². The molecule has 0 spiro atoms. The van der Waals surface area contributed by atoms with Gasteiger partial charge in [-0.3, -0.25) is 4.79 Å². The van der Waals surface area contributed by atoms with Gasteiger partial charge in [0.15, 0.2) is 11.5 Å². The molecule has 0 radical (unpaired) electrons. The molecule has 2 aliphatic rings. The number of aromatic amines is 1. The molecule has 0 bridgehead atoms. The van der Waals surface area contributed by atoms with E-state index in [9.17, 15) is 4.79 Å². The number of benzene rings is 1. The molecule has 4 rings (SSSR count). The van der Waals surface area contributed by atoms with Crippen molar-refractivity contribution in [3.63, 3.8) is 0 Å². The summed E-state index contributed by atoms with van der Waals surface area (Å²) in [7, 11) is 1.66. The van der Waals surface area contributed by atoms with E-state index >= 15 is 0 Å². The van der Waals surface area contributed by atoms with Gasteiger partial charge in [-0.05, 0) is 57.2 Å². The maximum absolute atomic E-state index is 13.2. The van der Waals surface area contributed by atoms with Crippen LogP contribution in [0.4, 0.5) is 0 Å². The van der Waals surface area contributed by atoms with Crippen LogP contribution in [0.5, 0.6) is 11.5 Å². The molecule has 1 aromatic carbocycles. The Morgan fingerprint density at radius 2 is 1.83 bits per heavy atom. The number of aromatic nitrogens is 1. The minimum Gasteiger partial charge on any atom is -0.493 e. The average molecular weight is 399 g/mol. The number of rotatable bonds is 5. The quantitative estimate of drug-likeness (QED) is 0.817. The Kier molecular flexibility index (Phi) is 5.81. The second-order valence-corrected chi connectivity index (χ2v) is 8.14. The number of ether oxygens (including phenoxy) is 3. The zero-order valence-corrected chi connectivity index (χ0v) is 17.4. The lowest BCUT2D eigenvalue weighted by Crippen LogP contribution is -2.48. The molecular weight excluding hydrogens is 368 g/mol. The van der Waals surface area contributed by atoms with E-state index in [1.54, 1.807) is 13.3 Å². The highest BCUT2D eigenvalue weighted by molar-refractivity contribution is 6.01. The zero-order valence-electron chi connectivity index (χ0n) is 17.4. The van der Waals surface area contributed by atoms with Crippen molar-refractivity contribution in [1.82, 2.24) is 9.88 Å². The van der Waals surface area contributed by atoms with Gasteiger partial charge >= 0.3 is 0 Å². The Bertz CT molecular complexity index is 846. The molecule has 1 aliphatic carbocycles. The molecule has 1 saturated carbocycles. The first-order valence-electron chi connectivity index (χ1n) is 10.5. The monoisotopic (exact) mass is 398 g/mol. The van der Waals surface area contributed by atoms with Crippen LogP contribution in [0.1, 0.15) is 49.9 Å². The Morgan fingerprint density at radius 3 is 2.52 bits per heavy atom. The minimum absolute atomic E-state index is 0.0253. The third kappa shape index (κ3) is 4.27. The largest absolute Gasteiger partial charge is 0.493 e. The first-order valence-corrected chi connectivity index (χ1v) is 10.5. The van der Waals surface area contributed by atoms with Crippen LogP contribution in [-0.4, -0.2) is 54.3 Å². The predicted octanol–water partition coefficient (Wildman–Crippen LogP) is 4.26. The Labute approximate surface area is 172 Å². The molecule has 1 aromatic heterocycles. The van der Waals surface area contributed by atoms with Gasteiger partial charge in [0, 0.05) is 31.0 Å². The highest BCUT2D eigenvalue weighted by Crippen LogP contribution is 2.36. The number of amides is 1. The van der Waals surface area contributed by atoms with Gasteiger partial charge in [-0.2, -0.15) is 0 Å². The van der Waals surface area contributed by atoms with Crippen LogP contribution in [0, 0.1) is 0 Å². The van der Waals surface area contributed by atoms with Crippen LogP contribution in [-0.2, 0) is 4.74 Å². The summed E-state index contributed by atoms with van der Waals surface area (Å²) in [5, 5.41) is 0. The molecular formula is C23H30N2O4. The molecule has 2 unspecified atom stereocenters. The summed E-state index contributed by atoms with van der Waals surface area (Å²) >= 11 is 0. The van der Waals surface area contributed by atoms with Gasteiger partial charge in [-0.1, -0.05) is 6.07 Å². The van der Waals surface area contributed by atoms with Gasteiger partial charge in [0.1, 0.15) is 0 Å². The van der Waals surface area contributed by atoms with Gasteiger partial charge in [0.25, 0.3) is 5.91 Å². The molecule has 1 N–H and O–H groups in total. The van der Waals surface area contributed by atoms with Crippen molar-refractivity contribution >= 4 is 5.91 Å². The van der Waals surface area contributed by atoms with Gasteiger partial charge in [-0.25, -0.2) is 0 Å². The van der Waals surface area contributed by atoms with Crippen molar-refractivity contribution in [2.75, 3.05) is 20.2 Å². The van der Waals surface area contributed by atoms with Crippen molar-refractivity contribution in [2.24, 2.45) is 0 Å². The predicted molar refractivity (Wildman–Crippen MR) is 112 cm³/mol. The van der Waals surface area contributed by atoms with Crippen molar-refractivity contribution in [3.8, 4) is 22.6 Å². The maximum Gasteiger partial charge on any atom is 0.256 e. The SMILES string of the molecule is COc1ccc(-c2c[nH]cc2C(=O)N2CC(C)OC(C)C2)cc1OC1CCCC1. The zero-order chi connectivity index (χ0) is 20.4. The van der Waals surface area contributed by atoms with Crippen LogP contribution < -0.4 is 9.47 Å². The van der Waals surface area contributed by atoms with E-state index in [0.717, 1.165) is 35.5 Å². The van der Waals surface area contributed by atoms with Crippen LogP contribution in [0.2, 0.25) is 0 Å². The van der Waals surface area contributed by atoms with E-state index < -0.39 is 0 Å². The molecule has 2 atom stereocenters. The molecule has 2 fully saturated rings. The van der Waals surface area contributed by atoms with Crippen molar-refractivity contribution in [2.45, 2.75) is 57.8 Å². The third-order valence-corrected chi connectivity index (χ3v) is 5.75. The lowest BCUT2D eigenvalue weighted by molar-refractivity contribution is -0.0585. The summed E-state index contributed by atoms with van der Waals surface area (Å²) in [4.78, 5) is 18.2. The number of hydrogen-bond donors (Lipinski definition) is 1. The molecule has 1 saturated heterocycles. The second kappa shape index (κ2) is 8.49. The molecule has 1 aliphatic heterocycles. The number of hydrogen-bond acceptors (Lipinski definition) is 4. The minimum atomic E-state index is 0.0253. The van der Waals surface area contributed by atoms with Gasteiger partial charge in [0.2, 0.25) is 0 Å². The molecule has 2 aromatic rings. The Hall–Kier alpha value is -2.47. The van der Waals surface area contributed by atoms with Gasteiger partial charge in [-0.15, -0.1) is 0 Å². The van der Waals surface area contributed by atoms with Crippen molar-refractivity contribution in [3.05, 3.63) is 36.2 Å². The standard InChI is InChI=1S/C23H30N2O4/c1-15-13-25(14-16(2)28-15)23(26)20-12-24-11-19(20)17-8-9-21(27-3)22(10-17)29-18-6-4-5-7-18/h8-12,15-16,18,24H,4-7,13-14H2,1-3H3. The molecule has 2 heterocycles. The number of nitrogens with zero attached hydrogens (tertiary/aromatic N) is 1. The van der Waals surface area contributed by atoms with Gasteiger partial charge in [0.05, 0.1) is 31.0 Å². The molecule has 156 valence electrons. The number of carbonyl (C=O) groups is 1. The van der Waals surface area contributed by atoms with E-state index in [1.165, 1.54) is 12.8 Å². The Morgan fingerprint density at radius 1 is 1.10 bits per heavy atom. The van der Waals surface area contributed by atoms with Crippen LogP contribution in [0.3, 0.4) is 0 Å². The average Bonchev–Trinajstić information content (AvgIpc) is 3.38. The fourth-order valence-electron chi connectivity index (χ4n) is 4.42. The van der Waals surface area contributed by atoms with E-state index in [1.807, 2.05) is 43.1 Å². The number of nitrogens with one attached hydrogen (secondary N) is 1. The van der Waals surface area contributed by atoms with Crippen LogP contribution in [0.25, 0.3) is 11.1 Å². The second-order valence-electron chi connectivity index (χ2n) is 8.14. The fourth-order valence-corrected chi connectivity index (χ4v) is 4.42. The number of methoxy groups -OCH3 is 1. The Balaban J connectivity index is 1.61. The number of carbonyl (C=O) groups excluding carboxylic acids is 1. The summed E-state index contributed by atoms with van der Waals surface area (Å²) < 4.78 is 17.5. The number of morpholine rings is 1. The van der Waals surface area contributed by atoms with Crippen molar-refractivity contribution < 1.29 is 19.0 Å². The highest BCUT2D eigenvalue weighted by atomic mass is 16.5. The maximum atomic E-state index is 13.2. The van der Waals surface area contributed by atoms with Crippen LogP contribution in [0.15, 0.2) is 30.6 Å². The van der Waals surface area contributed by atoms with E-state index in [0.29, 0.717) is 18.7 Å². The fraction of sp³-hybridized carbons (Fsp3) is 0.522. The van der Waals surface area contributed by atoms with E-state index in [4.69, 9.17) is 14.2 Å². The highest BCUT2D eigenvalue weighted by Gasteiger charge is 2.28. The summed E-state index contributed by atoms with van der Waals surface area (Å²) in [5.41, 5.74) is 2.49. The topological polar surface area (TPSA) is 63.8 Å². The third-order valence-electron chi connectivity index (χ3n) is 5.75. The first-order chi connectivity index (χ1) is 14.0. The van der Waals surface area contributed by atoms with Gasteiger partial charge < -0.3 is 24.1 Å². The lowest BCUT2D eigenvalue weighted by Gasteiger charge is -2.35. The van der Waals surface area contributed by atoms with E-state index in [2.05, 4.69) is 4.98 Å². The normalized spacial score (nSPS) is 22.7. The van der Waals surface area contributed by atoms with Crippen LogP contribution >= 0.6 is 0 Å². The van der Waals surface area contributed by atoms with E-state index in [-0.39, 0.29) is 24.2 Å². The molecule has 29 heavy (non-hydrogen) atoms. The summed E-state index contributed by atoms with van der Waals surface area (Å²) in [6.45, 7) is 5.22. The summed E-state index contributed by atoms with van der Waals surface area (Å²) in [6, 6.07) is 5.88. The molecule has 6 heteroatoms. The first kappa shape index (κ1) is 19.8. The number of H-pyrrole nitrogens is 1. The molecule has 6 nitrogen and oxygen atoms in total. The molecule has 1 amide bonds. The summed E-state index contributed by atoms with van der Waals surface area (Å²) in [6.07, 6.45) is 8.55. The smallest absolute Gasteiger partial charge is 0.256 e. The summed E-state index contributed by atoms with van der Waals surface area (Å²) in [5.74, 6) is 1.49.